The molecule has 704 valence electrons. The van der Waals surface area contributed by atoms with E-state index in [1.165, 1.54) is 145 Å². The zero-order valence-electron chi connectivity index (χ0n) is 83.2. The Morgan fingerprint density at radius 3 is 0.700 bits per heavy atom. The average Bonchev–Trinajstić information content (AvgIpc) is 1.50. The molecule has 31 rings (SSSR count). The quantitative estimate of drug-likeness (QED) is 0.121. The van der Waals surface area contributed by atoms with Crippen molar-refractivity contribution in [2.45, 2.75) is 60.2 Å². The van der Waals surface area contributed by atoms with Crippen LogP contribution in [0.15, 0.2) is 516 Å². The Morgan fingerprint density at radius 2 is 0.380 bits per heavy atom. The summed E-state index contributed by atoms with van der Waals surface area (Å²) < 4.78 is 0. The van der Waals surface area contributed by atoms with E-state index in [9.17, 15) is 0 Å². The van der Waals surface area contributed by atoms with Crippen molar-refractivity contribution < 1.29 is 9.59 Å². The van der Waals surface area contributed by atoms with Crippen molar-refractivity contribution in [3.63, 3.8) is 0 Å². The second kappa shape index (κ2) is 33.5. The molecule has 0 amide bonds. The number of carbonyl (C=O) groups is 2. The first-order valence-electron chi connectivity index (χ1n) is 52.2. The molecule has 8 aliphatic rings. The van der Waals surface area contributed by atoms with Gasteiger partial charge in [0.2, 0.25) is 0 Å². The molecule has 2 spiro atoms. The number of hydrogen-bond donors (Lipinski definition) is 0. The summed E-state index contributed by atoms with van der Waals surface area (Å²) >= 11 is 0. The van der Waals surface area contributed by atoms with Crippen LogP contribution >= 0.6 is 0 Å². The molecule has 0 fully saturated rings. The van der Waals surface area contributed by atoms with Gasteiger partial charge in [-0.2, -0.15) is 0 Å². The van der Waals surface area contributed by atoms with Crippen LogP contribution in [0.2, 0.25) is 0 Å². The van der Waals surface area contributed by atoms with Crippen LogP contribution in [0.5, 0.6) is 0 Å². The summed E-state index contributed by atoms with van der Waals surface area (Å²) in [5.41, 5.74) is 47.1. The molecule has 0 unspecified atom stereocenters. The molecule has 150 heavy (non-hydrogen) atoms. The van der Waals surface area contributed by atoms with Crippen LogP contribution in [-0.2, 0) is 32.5 Å². The van der Waals surface area contributed by atoms with Gasteiger partial charge >= 0.3 is 0 Å². The van der Waals surface area contributed by atoms with Gasteiger partial charge in [0, 0.05) is 49.8 Å². The first-order valence-corrected chi connectivity index (χ1v) is 52.2. The highest BCUT2D eigenvalue weighted by Crippen LogP contribution is 2.68. The number of benzene rings is 22. The molecule has 0 radical (unpaired) electrons. The van der Waals surface area contributed by atoms with E-state index in [1.807, 2.05) is 12.1 Å². The average molecular weight is 1910 g/mol. The van der Waals surface area contributed by atoms with E-state index in [1.54, 1.807) is 0 Å². The Balaban J connectivity index is 0.000000106. The fourth-order valence-corrected chi connectivity index (χ4v) is 28.2. The van der Waals surface area contributed by atoms with Crippen LogP contribution in [0.4, 0.5) is 0 Å². The number of carbonyl (C=O) groups excluding carboxylic acids is 2. The summed E-state index contributed by atoms with van der Waals surface area (Å²) in [6.45, 7) is 9.25. The van der Waals surface area contributed by atoms with Gasteiger partial charge in [0.15, 0.2) is 29.0 Å². The summed E-state index contributed by atoms with van der Waals surface area (Å²) in [6.07, 6.45) is 0. The van der Waals surface area contributed by atoms with E-state index >= 15 is 9.59 Å². The largest absolute Gasteiger partial charge is 0.289 e. The predicted octanol–water partition coefficient (Wildman–Crippen LogP) is 33.9. The lowest BCUT2D eigenvalue weighted by Crippen LogP contribution is -2.28. The summed E-state index contributed by atoms with van der Waals surface area (Å²) in [6, 6.07) is 184. The second-order valence-electron chi connectivity index (χ2n) is 42.1. The number of rotatable bonds is 11. The van der Waals surface area contributed by atoms with Crippen LogP contribution < -0.4 is 0 Å². The number of hydrogen-bond acceptors (Lipinski definition) is 5. The smallest absolute Gasteiger partial charge is 0.194 e. The third kappa shape index (κ3) is 12.2. The zero-order valence-corrected chi connectivity index (χ0v) is 83.2. The summed E-state index contributed by atoms with van der Waals surface area (Å²) in [5, 5.41) is 2.29. The minimum atomic E-state index is -0.578. The highest BCUT2D eigenvalue weighted by molar-refractivity contribution is 6.21. The summed E-state index contributed by atoms with van der Waals surface area (Å²) in [5.74, 6) is 2.15. The normalized spacial score (nSPS) is 14.6. The Bertz CT molecular complexity index is 8760. The topological polar surface area (TPSA) is 72.8 Å². The Hall–Kier alpha value is -18.6. The SMILES string of the molecule is CC1(C)c2ccccc2-c2ccc(-c3nc(-c4ccc5c(c4)C(C)(C)c4ccccc4-5)nc(-c4cccc5ccccc45)n3)cc21.O=C(c1cccc2c1-c1ccccc1C2(c1ccccc1)c1ccccc1)c1cccc2c1-c1ccccc1C2(c1ccccc1)c1ccccc1.O=C(c1cccc2c1-c1ccccc1C21c2ccccc2-c2ccccc21)c1cccc2c1-c1ccccc1C21c2ccccc2-c2ccccc21. The van der Waals surface area contributed by atoms with Crippen molar-refractivity contribution in [1.29, 1.82) is 0 Å². The second-order valence-corrected chi connectivity index (χ2v) is 42.1. The van der Waals surface area contributed by atoms with Gasteiger partial charge in [-0.15, -0.1) is 0 Å². The standard InChI is InChI=1S/C51H30O.C51H34O.C43H33N3/c52-49(37-21-13-29-45-47(37)35-19-5-11-27-43(35)50(45)39-23-7-1-15-31(39)32-16-2-8-24-40(32)50)38-22-14-30-46-48(38)36-20-6-12-28-44(36)51(46)41-25-9-3-17-33(41)34-18-4-10-26-42(34)51;52-49(41-29-17-33-45-47(41)39-27-13-15-31-43(39)50(45,35-19-5-1-6-20-35)36-21-7-2-8-22-36)42-30-18-34-46-48(42)40-28-14-16-32-44(40)51(46,37-23-9-3-10-24-37)38-25-11-4-12-26-38;1-42(2)35-18-9-7-15-30(35)32-22-20-27(24-37(32)42)39-44-40(46-41(45-39)34-17-11-13-26-12-5-6-14-29(26)34)28-21-23-33-31-16-8-10-19-36(31)43(3,4)38(33)25-28/h1-30H;1-34H;5-25H,1-4H3. The Kier molecular flexibility index (Phi) is 19.6. The van der Waals surface area contributed by atoms with Gasteiger partial charge in [0.05, 0.1) is 21.7 Å². The minimum Gasteiger partial charge on any atom is -0.289 e. The van der Waals surface area contributed by atoms with Gasteiger partial charge in [0.25, 0.3) is 0 Å². The zero-order chi connectivity index (χ0) is 100. The Labute approximate surface area is 873 Å². The monoisotopic (exact) mass is 1910 g/mol. The lowest BCUT2D eigenvalue weighted by atomic mass is 9.67. The lowest BCUT2D eigenvalue weighted by molar-refractivity contribution is 0.103. The van der Waals surface area contributed by atoms with Crippen LogP contribution in [-0.4, -0.2) is 26.5 Å². The molecule has 0 saturated carbocycles. The number of fused-ring (bicyclic) bond motifs is 33. The van der Waals surface area contributed by atoms with Crippen LogP contribution in [0.3, 0.4) is 0 Å². The number of nitrogens with zero attached hydrogens (tertiary/aromatic N) is 3. The molecule has 5 heteroatoms. The molecule has 0 N–H and O–H groups in total. The van der Waals surface area contributed by atoms with Gasteiger partial charge in [-0.3, -0.25) is 9.59 Å². The number of aromatic nitrogens is 3. The molecule has 1 aromatic heterocycles. The van der Waals surface area contributed by atoms with E-state index in [4.69, 9.17) is 15.0 Å². The maximum Gasteiger partial charge on any atom is 0.194 e. The van der Waals surface area contributed by atoms with Crippen molar-refractivity contribution in [3.05, 3.63) is 649 Å². The summed E-state index contributed by atoms with van der Waals surface area (Å²) in [7, 11) is 0. The third-order valence-electron chi connectivity index (χ3n) is 34.3. The van der Waals surface area contributed by atoms with E-state index in [0.717, 1.165) is 105 Å². The van der Waals surface area contributed by atoms with Crippen molar-refractivity contribution in [2.24, 2.45) is 0 Å². The maximum atomic E-state index is 15.6. The third-order valence-corrected chi connectivity index (χ3v) is 34.3. The molecule has 0 aliphatic heterocycles. The fraction of sp³-hybridized carbons (Fsp3) is 0.0690. The molecule has 22 aromatic carbocycles. The molecule has 0 atom stereocenters. The summed E-state index contributed by atoms with van der Waals surface area (Å²) in [4.78, 5) is 46.7. The molecule has 23 aromatic rings. The van der Waals surface area contributed by atoms with Gasteiger partial charge in [0.1, 0.15) is 0 Å². The van der Waals surface area contributed by atoms with Crippen molar-refractivity contribution >= 4 is 22.3 Å². The van der Waals surface area contributed by atoms with E-state index < -0.39 is 21.7 Å². The van der Waals surface area contributed by atoms with Crippen molar-refractivity contribution in [3.8, 4) is 123 Å². The molecule has 5 nitrogen and oxygen atoms in total. The Morgan fingerprint density at radius 1 is 0.167 bits per heavy atom. The van der Waals surface area contributed by atoms with Crippen molar-refractivity contribution in [1.82, 2.24) is 15.0 Å². The predicted molar refractivity (Wildman–Crippen MR) is 609 cm³/mol. The highest BCUT2D eigenvalue weighted by Gasteiger charge is 2.57. The number of ketones is 2. The lowest BCUT2D eigenvalue weighted by Gasteiger charge is -2.34. The molecule has 0 bridgehead atoms. The van der Waals surface area contributed by atoms with E-state index in [-0.39, 0.29) is 22.4 Å². The maximum absolute atomic E-state index is 15.6. The van der Waals surface area contributed by atoms with E-state index in [0.29, 0.717) is 17.5 Å². The molecule has 0 saturated heterocycles. The van der Waals surface area contributed by atoms with Crippen LogP contribution in [0, 0.1) is 0 Å². The van der Waals surface area contributed by atoms with Crippen molar-refractivity contribution in [2.75, 3.05) is 0 Å². The first-order chi connectivity index (χ1) is 73.8. The molecular weight excluding hydrogens is 1820 g/mol. The first kappa shape index (κ1) is 88.0. The fourth-order valence-electron chi connectivity index (χ4n) is 28.2. The minimum absolute atomic E-state index is 0.0344. The van der Waals surface area contributed by atoms with Gasteiger partial charge < -0.3 is 0 Å². The van der Waals surface area contributed by atoms with E-state index in [2.05, 4.69) is 531 Å². The van der Waals surface area contributed by atoms with Crippen LogP contribution in [0.25, 0.3) is 134 Å². The molecule has 1 heterocycles. The van der Waals surface area contributed by atoms with Gasteiger partial charge in [-0.05, 0) is 223 Å². The molecular formula is C145H97N3O2. The van der Waals surface area contributed by atoms with Crippen LogP contribution in [0.1, 0.15) is 171 Å². The van der Waals surface area contributed by atoms with Gasteiger partial charge in [-0.1, -0.05) is 531 Å². The molecule has 8 aliphatic carbocycles. The highest BCUT2D eigenvalue weighted by atomic mass is 16.1. The van der Waals surface area contributed by atoms with Gasteiger partial charge in [-0.25, -0.2) is 15.0 Å².